The fourth-order valence-electron chi connectivity index (χ4n) is 3.34. The summed E-state index contributed by atoms with van der Waals surface area (Å²) in [7, 11) is 5.17. The van der Waals surface area contributed by atoms with Crippen molar-refractivity contribution >= 4 is 23.2 Å². The summed E-state index contributed by atoms with van der Waals surface area (Å²) < 4.78 is 10.5. The molecule has 150 valence electrons. The van der Waals surface area contributed by atoms with Gasteiger partial charge in [0.25, 0.3) is 5.91 Å². The Balaban J connectivity index is 1.73. The number of likely N-dealkylation sites (N-methyl/N-ethyl adjacent to an activating group) is 1. The summed E-state index contributed by atoms with van der Waals surface area (Å²) in [5.41, 5.74) is 2.69. The molecule has 0 aromatic heterocycles. The number of anilines is 1. The number of piperazine rings is 1. The molecule has 1 N–H and O–H groups in total. The van der Waals surface area contributed by atoms with Crippen LogP contribution in [0.25, 0.3) is 0 Å². The lowest BCUT2D eigenvalue weighted by molar-refractivity contribution is 0.0950. The third kappa shape index (κ3) is 4.51. The Hall–Kier alpha value is -2.44. The van der Waals surface area contributed by atoms with Crippen molar-refractivity contribution in [2.75, 3.05) is 52.3 Å². The number of carbonyl (C=O) groups excluding carboxylic acids is 1. The highest BCUT2D eigenvalue weighted by atomic mass is 35.5. The van der Waals surface area contributed by atoms with Gasteiger partial charge in [-0.15, -0.1) is 0 Å². The molecule has 7 heteroatoms. The molecular formula is C21H26ClN3O3. The molecular weight excluding hydrogens is 378 g/mol. The number of rotatable bonds is 6. The number of amides is 1. The zero-order chi connectivity index (χ0) is 20.1. The number of ether oxygens (including phenoxy) is 2. The number of halogens is 1. The van der Waals surface area contributed by atoms with E-state index >= 15 is 0 Å². The molecule has 0 aliphatic carbocycles. The highest BCUT2D eigenvalue weighted by Gasteiger charge is 2.18. The Morgan fingerprint density at radius 2 is 1.82 bits per heavy atom. The van der Waals surface area contributed by atoms with Gasteiger partial charge in [0.15, 0.2) is 11.5 Å². The number of nitrogens with one attached hydrogen (secondary N) is 1. The normalized spacial score (nSPS) is 14.6. The second kappa shape index (κ2) is 9.17. The quantitative estimate of drug-likeness (QED) is 0.803. The zero-order valence-corrected chi connectivity index (χ0v) is 17.3. The highest BCUT2D eigenvalue weighted by Crippen LogP contribution is 2.36. The summed E-state index contributed by atoms with van der Waals surface area (Å²) in [6, 6.07) is 11.4. The molecule has 1 saturated heterocycles. The first-order valence-electron chi connectivity index (χ1n) is 9.24. The topological polar surface area (TPSA) is 54.0 Å². The minimum Gasteiger partial charge on any atom is -0.493 e. The number of methoxy groups -OCH3 is 2. The van der Waals surface area contributed by atoms with Gasteiger partial charge in [-0.1, -0.05) is 29.8 Å². The monoisotopic (exact) mass is 403 g/mol. The molecule has 0 atom stereocenters. The van der Waals surface area contributed by atoms with Crippen LogP contribution in [0, 0.1) is 0 Å². The fourth-order valence-corrected chi connectivity index (χ4v) is 3.63. The fraction of sp³-hybridized carbons (Fsp3) is 0.381. The molecule has 1 aliphatic rings. The van der Waals surface area contributed by atoms with E-state index in [9.17, 15) is 4.79 Å². The maximum Gasteiger partial charge on any atom is 0.251 e. The first-order chi connectivity index (χ1) is 13.5. The summed E-state index contributed by atoms with van der Waals surface area (Å²) in [6.07, 6.45) is 0. The summed E-state index contributed by atoms with van der Waals surface area (Å²) in [4.78, 5) is 17.4. The Labute approximate surface area is 171 Å². The van der Waals surface area contributed by atoms with Gasteiger partial charge in [0.05, 0.1) is 19.2 Å². The SMILES string of the molecule is COc1cc(C(=O)NCc2ccccc2N2CCN(C)CC2)cc(Cl)c1OC. The summed E-state index contributed by atoms with van der Waals surface area (Å²) in [5.74, 6) is 0.634. The number of nitrogens with zero attached hydrogens (tertiary/aromatic N) is 2. The van der Waals surface area contributed by atoms with E-state index in [0.29, 0.717) is 28.6 Å². The molecule has 1 amide bonds. The van der Waals surface area contributed by atoms with Gasteiger partial charge in [-0.2, -0.15) is 0 Å². The standard InChI is InChI=1S/C21H26ClN3O3/c1-24-8-10-25(11-9-24)18-7-5-4-6-15(18)14-23-21(26)16-12-17(22)20(28-3)19(13-16)27-2/h4-7,12-13H,8-11,14H2,1-3H3,(H,23,26). The lowest BCUT2D eigenvalue weighted by Gasteiger charge is -2.35. The Bertz CT molecular complexity index is 836. The van der Waals surface area contributed by atoms with Crippen molar-refractivity contribution < 1.29 is 14.3 Å². The van der Waals surface area contributed by atoms with Crippen LogP contribution in [0.4, 0.5) is 5.69 Å². The Morgan fingerprint density at radius 3 is 2.50 bits per heavy atom. The van der Waals surface area contributed by atoms with E-state index in [2.05, 4.69) is 34.3 Å². The van der Waals surface area contributed by atoms with Gasteiger partial charge in [0.1, 0.15) is 0 Å². The van der Waals surface area contributed by atoms with E-state index in [1.807, 2.05) is 12.1 Å². The molecule has 2 aromatic carbocycles. The van der Waals surface area contributed by atoms with Crippen molar-refractivity contribution in [1.29, 1.82) is 0 Å². The maximum atomic E-state index is 12.7. The second-order valence-corrected chi connectivity index (χ2v) is 7.20. The number of benzene rings is 2. The van der Waals surface area contributed by atoms with Crippen LogP contribution in [0.3, 0.4) is 0 Å². The predicted molar refractivity (Wildman–Crippen MR) is 112 cm³/mol. The van der Waals surface area contributed by atoms with Crippen LogP contribution in [-0.4, -0.2) is 58.3 Å². The Kier molecular flexibility index (Phi) is 6.65. The Morgan fingerprint density at radius 1 is 1.11 bits per heavy atom. The average Bonchev–Trinajstić information content (AvgIpc) is 2.72. The molecule has 2 aromatic rings. The van der Waals surface area contributed by atoms with Crippen molar-refractivity contribution in [2.24, 2.45) is 0 Å². The lowest BCUT2D eigenvalue weighted by Crippen LogP contribution is -2.45. The smallest absolute Gasteiger partial charge is 0.251 e. The van der Waals surface area contributed by atoms with Crippen LogP contribution in [0.15, 0.2) is 36.4 Å². The van der Waals surface area contributed by atoms with Gasteiger partial charge in [0, 0.05) is 44.0 Å². The number of carbonyl (C=O) groups is 1. The molecule has 0 saturated carbocycles. The second-order valence-electron chi connectivity index (χ2n) is 6.80. The molecule has 0 bridgehead atoms. The van der Waals surface area contributed by atoms with E-state index in [0.717, 1.165) is 31.7 Å². The van der Waals surface area contributed by atoms with E-state index in [1.54, 1.807) is 12.1 Å². The molecule has 0 radical (unpaired) electrons. The molecule has 1 heterocycles. The molecule has 6 nitrogen and oxygen atoms in total. The van der Waals surface area contributed by atoms with Crippen molar-refractivity contribution in [3.05, 3.63) is 52.5 Å². The number of hydrogen-bond acceptors (Lipinski definition) is 5. The third-order valence-corrected chi connectivity index (χ3v) is 5.25. The van der Waals surface area contributed by atoms with Crippen molar-refractivity contribution in [2.45, 2.75) is 6.54 Å². The van der Waals surface area contributed by atoms with Crippen LogP contribution in [0.1, 0.15) is 15.9 Å². The molecule has 1 aliphatic heterocycles. The van der Waals surface area contributed by atoms with Gasteiger partial charge in [-0.25, -0.2) is 0 Å². The zero-order valence-electron chi connectivity index (χ0n) is 16.5. The van der Waals surface area contributed by atoms with E-state index in [-0.39, 0.29) is 5.91 Å². The highest BCUT2D eigenvalue weighted by molar-refractivity contribution is 6.32. The first-order valence-corrected chi connectivity index (χ1v) is 9.62. The number of hydrogen-bond donors (Lipinski definition) is 1. The maximum absolute atomic E-state index is 12.7. The first kappa shape index (κ1) is 20.3. The van der Waals surface area contributed by atoms with Crippen molar-refractivity contribution in [3.8, 4) is 11.5 Å². The molecule has 1 fully saturated rings. The molecule has 28 heavy (non-hydrogen) atoms. The molecule has 0 spiro atoms. The lowest BCUT2D eigenvalue weighted by atomic mass is 10.1. The predicted octanol–water partition coefficient (Wildman–Crippen LogP) is 3.04. The van der Waals surface area contributed by atoms with E-state index in [4.69, 9.17) is 21.1 Å². The van der Waals surface area contributed by atoms with Crippen LogP contribution in [0.2, 0.25) is 5.02 Å². The minimum atomic E-state index is -0.212. The minimum absolute atomic E-state index is 0.212. The van der Waals surface area contributed by atoms with Crippen molar-refractivity contribution in [1.82, 2.24) is 10.2 Å². The van der Waals surface area contributed by atoms with Crippen LogP contribution in [0.5, 0.6) is 11.5 Å². The number of para-hydroxylation sites is 1. The van der Waals surface area contributed by atoms with E-state index < -0.39 is 0 Å². The summed E-state index contributed by atoms with van der Waals surface area (Å²) in [6.45, 7) is 4.46. The molecule has 0 unspecified atom stereocenters. The summed E-state index contributed by atoms with van der Waals surface area (Å²) >= 11 is 6.22. The third-order valence-electron chi connectivity index (χ3n) is 4.97. The van der Waals surface area contributed by atoms with E-state index in [1.165, 1.54) is 19.9 Å². The van der Waals surface area contributed by atoms with Gasteiger partial charge in [0.2, 0.25) is 0 Å². The van der Waals surface area contributed by atoms with Gasteiger partial charge >= 0.3 is 0 Å². The average molecular weight is 404 g/mol. The van der Waals surface area contributed by atoms with Gasteiger partial charge in [-0.3, -0.25) is 4.79 Å². The summed E-state index contributed by atoms with van der Waals surface area (Å²) in [5, 5.41) is 3.33. The van der Waals surface area contributed by atoms with Crippen molar-refractivity contribution in [3.63, 3.8) is 0 Å². The molecule has 3 rings (SSSR count). The van der Waals surface area contributed by atoms with Gasteiger partial charge in [-0.05, 0) is 30.8 Å². The van der Waals surface area contributed by atoms with Crippen LogP contribution >= 0.6 is 11.6 Å². The van der Waals surface area contributed by atoms with Gasteiger partial charge < -0.3 is 24.6 Å². The van der Waals surface area contributed by atoms with Crippen LogP contribution < -0.4 is 19.7 Å². The largest absolute Gasteiger partial charge is 0.493 e. The van der Waals surface area contributed by atoms with Crippen LogP contribution in [-0.2, 0) is 6.54 Å².